The van der Waals surface area contributed by atoms with Gasteiger partial charge in [0.1, 0.15) is 0 Å². The molecule has 0 aromatic rings. The fourth-order valence-electron chi connectivity index (χ4n) is 2.65. The fourth-order valence-corrected chi connectivity index (χ4v) is 2.65. The lowest BCUT2D eigenvalue weighted by Crippen LogP contribution is -2.42. The van der Waals surface area contributed by atoms with Crippen molar-refractivity contribution in [3.05, 3.63) is 0 Å². The first-order chi connectivity index (χ1) is 6.43. The highest BCUT2D eigenvalue weighted by molar-refractivity contribution is 4.89. The summed E-state index contributed by atoms with van der Waals surface area (Å²) in [5.41, 5.74) is 6.16. The summed E-state index contributed by atoms with van der Waals surface area (Å²) < 4.78 is 0. The topological polar surface area (TPSA) is 46.2 Å². The summed E-state index contributed by atoms with van der Waals surface area (Å²) in [5.74, 6) is 0.598. The van der Waals surface area contributed by atoms with Crippen molar-refractivity contribution >= 4 is 0 Å². The zero-order chi connectivity index (χ0) is 10.8. The normalized spacial score (nSPS) is 31.1. The van der Waals surface area contributed by atoms with E-state index in [0.29, 0.717) is 17.9 Å². The van der Waals surface area contributed by atoms with Gasteiger partial charge in [-0.2, -0.15) is 0 Å². The molecular formula is C12H25NO. The molecule has 2 atom stereocenters. The van der Waals surface area contributed by atoms with Crippen LogP contribution in [-0.2, 0) is 0 Å². The first-order valence-corrected chi connectivity index (χ1v) is 5.74. The highest BCUT2D eigenvalue weighted by atomic mass is 16.3. The SMILES string of the molecule is CC1(C)CCCC(C(C)(CN)CO)C1. The zero-order valence-electron chi connectivity index (χ0n) is 9.84. The quantitative estimate of drug-likeness (QED) is 0.731. The van der Waals surface area contributed by atoms with E-state index in [4.69, 9.17) is 5.73 Å². The van der Waals surface area contributed by atoms with Gasteiger partial charge in [0.25, 0.3) is 0 Å². The molecule has 0 radical (unpaired) electrons. The third-order valence-electron chi connectivity index (χ3n) is 4.02. The zero-order valence-corrected chi connectivity index (χ0v) is 9.84. The minimum atomic E-state index is -0.0578. The van der Waals surface area contributed by atoms with Crippen molar-refractivity contribution in [2.24, 2.45) is 22.5 Å². The van der Waals surface area contributed by atoms with Crippen LogP contribution in [0.2, 0.25) is 0 Å². The Morgan fingerprint density at radius 3 is 2.57 bits per heavy atom. The first kappa shape index (κ1) is 12.0. The van der Waals surface area contributed by atoms with Gasteiger partial charge in [-0.3, -0.25) is 0 Å². The number of aliphatic hydroxyl groups is 1. The third-order valence-corrected chi connectivity index (χ3v) is 4.02. The summed E-state index contributed by atoms with van der Waals surface area (Å²) in [6.45, 7) is 7.61. The molecule has 0 saturated heterocycles. The van der Waals surface area contributed by atoms with Crippen molar-refractivity contribution in [1.29, 1.82) is 0 Å². The molecule has 1 rings (SSSR count). The van der Waals surface area contributed by atoms with E-state index in [1.807, 2.05) is 0 Å². The predicted octanol–water partition coefficient (Wildman–Crippen LogP) is 2.16. The molecule has 1 aliphatic rings. The molecule has 2 heteroatoms. The number of rotatable bonds is 3. The maximum Gasteiger partial charge on any atom is 0.0499 e. The minimum absolute atomic E-state index is 0.0578. The molecule has 0 bridgehead atoms. The number of nitrogens with two attached hydrogens (primary N) is 1. The number of aliphatic hydroxyl groups excluding tert-OH is 1. The summed E-state index contributed by atoms with van der Waals surface area (Å²) in [7, 11) is 0. The van der Waals surface area contributed by atoms with Crippen LogP contribution in [0, 0.1) is 16.7 Å². The Hall–Kier alpha value is -0.0800. The Labute approximate surface area is 87.9 Å². The Kier molecular flexibility index (Phi) is 3.59. The first-order valence-electron chi connectivity index (χ1n) is 5.74. The van der Waals surface area contributed by atoms with Crippen LogP contribution in [0.3, 0.4) is 0 Å². The lowest BCUT2D eigenvalue weighted by atomic mass is 9.63. The van der Waals surface area contributed by atoms with E-state index in [-0.39, 0.29) is 12.0 Å². The van der Waals surface area contributed by atoms with Crippen molar-refractivity contribution in [3.8, 4) is 0 Å². The van der Waals surface area contributed by atoms with Crippen molar-refractivity contribution in [1.82, 2.24) is 0 Å². The Bertz CT molecular complexity index is 185. The highest BCUT2D eigenvalue weighted by Gasteiger charge is 2.38. The second kappa shape index (κ2) is 4.19. The Morgan fingerprint density at radius 1 is 1.50 bits per heavy atom. The van der Waals surface area contributed by atoms with Gasteiger partial charge in [0.2, 0.25) is 0 Å². The second-order valence-electron chi connectivity index (χ2n) is 5.97. The van der Waals surface area contributed by atoms with Gasteiger partial charge in [0.15, 0.2) is 0 Å². The van der Waals surface area contributed by atoms with Crippen LogP contribution in [-0.4, -0.2) is 18.3 Å². The number of hydrogen-bond donors (Lipinski definition) is 2. The molecule has 0 heterocycles. The molecule has 0 amide bonds. The Balaban J connectivity index is 2.67. The summed E-state index contributed by atoms with van der Waals surface area (Å²) in [6.07, 6.45) is 5.04. The molecule has 3 N–H and O–H groups in total. The van der Waals surface area contributed by atoms with Crippen LogP contribution in [0.1, 0.15) is 46.5 Å². The molecule has 2 nitrogen and oxygen atoms in total. The average molecular weight is 199 g/mol. The van der Waals surface area contributed by atoms with E-state index in [1.165, 1.54) is 25.7 Å². The summed E-state index contributed by atoms with van der Waals surface area (Å²) >= 11 is 0. The van der Waals surface area contributed by atoms with Gasteiger partial charge in [0.05, 0.1) is 0 Å². The minimum Gasteiger partial charge on any atom is -0.396 e. The van der Waals surface area contributed by atoms with E-state index in [1.54, 1.807) is 0 Å². The van der Waals surface area contributed by atoms with Gasteiger partial charge in [-0.1, -0.05) is 27.2 Å². The maximum absolute atomic E-state index is 9.43. The molecule has 0 spiro atoms. The molecule has 1 aliphatic carbocycles. The van der Waals surface area contributed by atoms with Gasteiger partial charge < -0.3 is 10.8 Å². The maximum atomic E-state index is 9.43. The molecule has 84 valence electrons. The molecule has 0 aromatic carbocycles. The lowest BCUT2D eigenvalue weighted by Gasteiger charge is -2.43. The van der Waals surface area contributed by atoms with Gasteiger partial charge >= 0.3 is 0 Å². The molecule has 1 saturated carbocycles. The van der Waals surface area contributed by atoms with E-state index < -0.39 is 0 Å². The molecule has 1 fully saturated rings. The van der Waals surface area contributed by atoms with E-state index in [2.05, 4.69) is 20.8 Å². The monoisotopic (exact) mass is 199 g/mol. The van der Waals surface area contributed by atoms with Crippen LogP contribution in [0.15, 0.2) is 0 Å². The van der Waals surface area contributed by atoms with E-state index in [0.717, 1.165) is 0 Å². The molecule has 2 unspecified atom stereocenters. The van der Waals surface area contributed by atoms with Crippen LogP contribution in [0.25, 0.3) is 0 Å². The highest BCUT2D eigenvalue weighted by Crippen LogP contribution is 2.45. The van der Waals surface area contributed by atoms with Crippen molar-refractivity contribution < 1.29 is 5.11 Å². The number of hydrogen-bond acceptors (Lipinski definition) is 2. The third kappa shape index (κ3) is 2.48. The van der Waals surface area contributed by atoms with E-state index >= 15 is 0 Å². The largest absolute Gasteiger partial charge is 0.396 e. The van der Waals surface area contributed by atoms with Gasteiger partial charge in [-0.25, -0.2) is 0 Å². The van der Waals surface area contributed by atoms with Crippen LogP contribution in [0.5, 0.6) is 0 Å². The van der Waals surface area contributed by atoms with E-state index in [9.17, 15) is 5.11 Å². The predicted molar refractivity (Wildman–Crippen MR) is 60.0 cm³/mol. The summed E-state index contributed by atoms with van der Waals surface area (Å²) in [5, 5.41) is 9.43. The summed E-state index contributed by atoms with van der Waals surface area (Å²) in [6, 6.07) is 0. The van der Waals surface area contributed by atoms with Crippen molar-refractivity contribution in [2.75, 3.05) is 13.2 Å². The van der Waals surface area contributed by atoms with Gasteiger partial charge in [-0.05, 0) is 30.6 Å². The van der Waals surface area contributed by atoms with Crippen molar-refractivity contribution in [2.45, 2.75) is 46.5 Å². The Morgan fingerprint density at radius 2 is 2.14 bits per heavy atom. The smallest absolute Gasteiger partial charge is 0.0499 e. The second-order valence-corrected chi connectivity index (χ2v) is 5.97. The molecular weight excluding hydrogens is 174 g/mol. The standard InChI is InChI=1S/C12H25NO/c1-11(2)6-4-5-10(7-11)12(3,8-13)9-14/h10,14H,4-9,13H2,1-3H3. The van der Waals surface area contributed by atoms with Crippen LogP contribution >= 0.6 is 0 Å². The summed E-state index contributed by atoms with van der Waals surface area (Å²) in [4.78, 5) is 0. The van der Waals surface area contributed by atoms with Gasteiger partial charge in [-0.15, -0.1) is 0 Å². The molecule has 14 heavy (non-hydrogen) atoms. The lowest BCUT2D eigenvalue weighted by molar-refractivity contribution is 0.0292. The molecule has 0 aliphatic heterocycles. The fraction of sp³-hybridized carbons (Fsp3) is 1.00. The average Bonchev–Trinajstić information content (AvgIpc) is 2.15. The van der Waals surface area contributed by atoms with Crippen LogP contribution in [0.4, 0.5) is 0 Å². The van der Waals surface area contributed by atoms with Gasteiger partial charge in [0, 0.05) is 18.6 Å². The van der Waals surface area contributed by atoms with Crippen molar-refractivity contribution in [3.63, 3.8) is 0 Å². The molecule has 0 aromatic heterocycles. The van der Waals surface area contributed by atoms with Crippen LogP contribution < -0.4 is 5.73 Å².